The van der Waals surface area contributed by atoms with Gasteiger partial charge in [-0.05, 0) is 36.1 Å². The molecular formula is C22H22F3N5OS. The fourth-order valence-corrected chi connectivity index (χ4v) is 5.38. The molecule has 5 rings (SSSR count). The molecule has 3 aromatic rings. The zero-order valence-electron chi connectivity index (χ0n) is 17.2. The molecule has 2 aliphatic rings. The highest BCUT2D eigenvalue weighted by atomic mass is 32.1. The van der Waals surface area contributed by atoms with Crippen LogP contribution in [-0.2, 0) is 24.2 Å². The summed E-state index contributed by atoms with van der Waals surface area (Å²) in [6.45, 7) is 2.62. The van der Waals surface area contributed by atoms with Crippen LogP contribution in [0, 0.1) is 0 Å². The van der Waals surface area contributed by atoms with Crippen molar-refractivity contribution < 1.29 is 18.0 Å². The van der Waals surface area contributed by atoms with Gasteiger partial charge < -0.3 is 10.6 Å². The number of anilines is 2. The van der Waals surface area contributed by atoms with Crippen LogP contribution in [0.2, 0.25) is 0 Å². The van der Waals surface area contributed by atoms with Gasteiger partial charge in [0, 0.05) is 36.2 Å². The number of rotatable bonds is 5. The average molecular weight is 462 g/mol. The molecule has 1 aromatic carbocycles. The smallest absolute Gasteiger partial charge is 0.367 e. The summed E-state index contributed by atoms with van der Waals surface area (Å²) in [6, 6.07) is 7.91. The van der Waals surface area contributed by atoms with Crippen LogP contribution in [0.1, 0.15) is 28.8 Å². The number of aromatic nitrogens is 2. The standard InChI is InChI=1S/C22H22F3N5OS/c23-22(24,25)10-16-9-17-20(26-12-27-21(17)32-16)28-15-3-5-30(6-4-15)11-13-1-2-14-8-19(31)29-18(14)7-13/h1-2,7,9,12,15H,3-6,8,10-11H2,(H,29,31)(H,26,27,28). The summed E-state index contributed by atoms with van der Waals surface area (Å²) in [7, 11) is 0. The number of piperidine rings is 1. The summed E-state index contributed by atoms with van der Waals surface area (Å²) >= 11 is 1.06. The first-order valence-electron chi connectivity index (χ1n) is 10.5. The molecule has 10 heteroatoms. The van der Waals surface area contributed by atoms with Crippen molar-refractivity contribution in [2.45, 2.75) is 44.4 Å². The van der Waals surface area contributed by atoms with E-state index >= 15 is 0 Å². The number of hydrogen-bond donors (Lipinski definition) is 2. The van der Waals surface area contributed by atoms with Crippen LogP contribution in [0.4, 0.5) is 24.7 Å². The molecule has 1 amide bonds. The molecule has 0 radical (unpaired) electrons. The zero-order chi connectivity index (χ0) is 22.3. The molecule has 0 saturated carbocycles. The van der Waals surface area contributed by atoms with E-state index in [-0.39, 0.29) is 16.8 Å². The fourth-order valence-electron chi connectivity index (χ4n) is 4.35. The van der Waals surface area contributed by atoms with Crippen molar-refractivity contribution >= 4 is 39.0 Å². The molecule has 4 heterocycles. The maximum Gasteiger partial charge on any atom is 0.393 e. The second-order valence-corrected chi connectivity index (χ2v) is 9.47. The molecule has 2 aromatic heterocycles. The summed E-state index contributed by atoms with van der Waals surface area (Å²) in [5.74, 6) is 0.645. The Kier molecular flexibility index (Phi) is 5.50. The first-order chi connectivity index (χ1) is 15.3. The van der Waals surface area contributed by atoms with Crippen LogP contribution < -0.4 is 10.6 Å². The first-order valence-corrected chi connectivity index (χ1v) is 11.3. The lowest BCUT2D eigenvalue weighted by Gasteiger charge is -2.32. The Hall–Kier alpha value is -2.72. The lowest BCUT2D eigenvalue weighted by Crippen LogP contribution is -2.38. The Balaban J connectivity index is 1.20. The van der Waals surface area contributed by atoms with Crippen molar-refractivity contribution in [3.8, 4) is 0 Å². The second kappa shape index (κ2) is 8.32. The maximum atomic E-state index is 12.8. The van der Waals surface area contributed by atoms with Gasteiger partial charge in [0.05, 0.1) is 18.2 Å². The normalized spacial score (nSPS) is 17.5. The monoisotopic (exact) mass is 461 g/mol. The van der Waals surface area contributed by atoms with Gasteiger partial charge in [0.2, 0.25) is 5.91 Å². The average Bonchev–Trinajstić information content (AvgIpc) is 3.30. The van der Waals surface area contributed by atoms with Crippen molar-refractivity contribution in [2.24, 2.45) is 0 Å². The van der Waals surface area contributed by atoms with Crippen LogP contribution >= 0.6 is 11.3 Å². The third kappa shape index (κ3) is 4.71. The number of halogens is 3. The molecule has 1 saturated heterocycles. The van der Waals surface area contributed by atoms with Gasteiger partial charge in [-0.3, -0.25) is 9.69 Å². The van der Waals surface area contributed by atoms with Crippen molar-refractivity contribution in [1.29, 1.82) is 0 Å². The second-order valence-electron chi connectivity index (χ2n) is 8.36. The van der Waals surface area contributed by atoms with Gasteiger partial charge in [-0.2, -0.15) is 13.2 Å². The zero-order valence-corrected chi connectivity index (χ0v) is 18.0. The summed E-state index contributed by atoms with van der Waals surface area (Å²) in [4.78, 5) is 23.2. The quantitative estimate of drug-likeness (QED) is 0.591. The topological polar surface area (TPSA) is 70.2 Å². The Morgan fingerprint density at radius 2 is 2.00 bits per heavy atom. The number of fused-ring (bicyclic) bond motifs is 2. The highest BCUT2D eigenvalue weighted by Gasteiger charge is 2.29. The minimum atomic E-state index is -4.24. The van der Waals surface area contributed by atoms with Crippen molar-refractivity contribution in [2.75, 3.05) is 23.7 Å². The third-order valence-corrected chi connectivity index (χ3v) is 6.93. The summed E-state index contributed by atoms with van der Waals surface area (Å²) in [5.41, 5.74) is 3.13. The molecule has 0 atom stereocenters. The summed E-state index contributed by atoms with van der Waals surface area (Å²) in [6.07, 6.45) is -1.51. The van der Waals surface area contributed by atoms with E-state index in [0.29, 0.717) is 22.5 Å². The molecule has 0 aliphatic carbocycles. The van der Waals surface area contributed by atoms with Crippen LogP contribution in [-0.4, -0.2) is 46.1 Å². The number of carbonyl (C=O) groups is 1. The lowest BCUT2D eigenvalue weighted by molar-refractivity contribution is -0.126. The predicted octanol–water partition coefficient (Wildman–Crippen LogP) is 4.37. The third-order valence-electron chi connectivity index (χ3n) is 5.89. The molecule has 2 N–H and O–H groups in total. The lowest BCUT2D eigenvalue weighted by atomic mass is 10.0. The van der Waals surface area contributed by atoms with E-state index in [0.717, 1.165) is 55.1 Å². The summed E-state index contributed by atoms with van der Waals surface area (Å²) < 4.78 is 38.3. The molecular weight excluding hydrogens is 439 g/mol. The van der Waals surface area contributed by atoms with Crippen LogP contribution in [0.3, 0.4) is 0 Å². The molecule has 0 unspecified atom stereocenters. The number of hydrogen-bond acceptors (Lipinski definition) is 6. The summed E-state index contributed by atoms with van der Waals surface area (Å²) in [5, 5.41) is 6.97. The molecule has 6 nitrogen and oxygen atoms in total. The maximum absolute atomic E-state index is 12.8. The minimum Gasteiger partial charge on any atom is -0.367 e. The SMILES string of the molecule is O=C1Cc2ccc(CN3CCC(Nc4ncnc5sc(CC(F)(F)F)cc45)CC3)cc2N1. The number of thiophene rings is 1. The van der Waals surface area contributed by atoms with Gasteiger partial charge in [-0.1, -0.05) is 12.1 Å². The number of likely N-dealkylation sites (tertiary alicyclic amines) is 1. The van der Waals surface area contributed by atoms with Crippen molar-refractivity contribution in [1.82, 2.24) is 14.9 Å². The molecule has 0 spiro atoms. The number of nitrogens with one attached hydrogen (secondary N) is 2. The first kappa shape index (κ1) is 21.1. The van der Waals surface area contributed by atoms with Crippen LogP contribution in [0.15, 0.2) is 30.6 Å². The predicted molar refractivity (Wildman–Crippen MR) is 118 cm³/mol. The van der Waals surface area contributed by atoms with Crippen LogP contribution in [0.5, 0.6) is 0 Å². The molecule has 168 valence electrons. The van der Waals surface area contributed by atoms with E-state index in [1.54, 1.807) is 6.07 Å². The Morgan fingerprint density at radius 3 is 2.78 bits per heavy atom. The van der Waals surface area contributed by atoms with Crippen molar-refractivity contribution in [3.05, 3.63) is 46.6 Å². The molecule has 0 bridgehead atoms. The van der Waals surface area contributed by atoms with E-state index in [4.69, 9.17) is 0 Å². The van der Waals surface area contributed by atoms with E-state index < -0.39 is 12.6 Å². The van der Waals surface area contributed by atoms with Gasteiger partial charge in [-0.15, -0.1) is 11.3 Å². The van der Waals surface area contributed by atoms with Gasteiger partial charge in [-0.25, -0.2) is 9.97 Å². The van der Waals surface area contributed by atoms with Gasteiger partial charge in [0.15, 0.2) is 0 Å². The van der Waals surface area contributed by atoms with Gasteiger partial charge in [0.1, 0.15) is 17.0 Å². The molecule has 32 heavy (non-hydrogen) atoms. The molecule has 2 aliphatic heterocycles. The van der Waals surface area contributed by atoms with Crippen LogP contribution in [0.25, 0.3) is 10.2 Å². The molecule has 1 fully saturated rings. The Bertz CT molecular complexity index is 1150. The Labute approximate surface area is 186 Å². The van der Waals surface area contributed by atoms with E-state index in [2.05, 4.69) is 37.6 Å². The minimum absolute atomic E-state index is 0.0408. The number of benzene rings is 1. The number of nitrogens with zero attached hydrogens (tertiary/aromatic N) is 3. The number of alkyl halides is 3. The fraction of sp³-hybridized carbons (Fsp3) is 0.409. The van der Waals surface area contributed by atoms with Crippen molar-refractivity contribution in [3.63, 3.8) is 0 Å². The highest BCUT2D eigenvalue weighted by molar-refractivity contribution is 7.18. The number of carbonyl (C=O) groups excluding carboxylic acids is 1. The highest BCUT2D eigenvalue weighted by Crippen LogP contribution is 2.33. The van der Waals surface area contributed by atoms with Gasteiger partial charge >= 0.3 is 6.18 Å². The van der Waals surface area contributed by atoms with Gasteiger partial charge in [0.25, 0.3) is 0 Å². The van der Waals surface area contributed by atoms with E-state index in [9.17, 15) is 18.0 Å². The largest absolute Gasteiger partial charge is 0.393 e. The van der Waals surface area contributed by atoms with E-state index in [1.165, 1.54) is 11.9 Å². The Morgan fingerprint density at radius 1 is 1.19 bits per heavy atom. The number of amides is 1. The van der Waals surface area contributed by atoms with E-state index in [1.807, 2.05) is 6.07 Å².